The number of benzene rings is 2. The summed E-state index contributed by atoms with van der Waals surface area (Å²) in [5.74, 6) is 2.10. The third-order valence-corrected chi connectivity index (χ3v) is 4.26. The lowest BCUT2D eigenvalue weighted by Gasteiger charge is -2.29. The molecule has 4 rings (SSSR count). The van der Waals surface area contributed by atoms with Crippen LogP contribution in [0.2, 0.25) is 0 Å². The number of aromatic nitrogens is 3. The molecule has 1 N–H and O–H groups in total. The molecule has 2 heterocycles. The van der Waals surface area contributed by atoms with Crippen LogP contribution in [0, 0.1) is 0 Å². The molecular formula is C19H19N5O. The van der Waals surface area contributed by atoms with E-state index in [9.17, 15) is 0 Å². The van der Waals surface area contributed by atoms with Gasteiger partial charge in [-0.1, -0.05) is 18.2 Å². The van der Waals surface area contributed by atoms with E-state index in [4.69, 9.17) is 4.74 Å². The first-order chi connectivity index (χ1) is 12.3. The highest BCUT2D eigenvalue weighted by atomic mass is 16.5. The number of rotatable bonds is 4. The predicted octanol–water partition coefficient (Wildman–Crippen LogP) is 3.71. The minimum atomic E-state index is 0.616. The van der Waals surface area contributed by atoms with E-state index in [0.29, 0.717) is 11.8 Å². The van der Waals surface area contributed by atoms with Crippen molar-refractivity contribution < 1.29 is 4.74 Å². The second-order valence-corrected chi connectivity index (χ2v) is 5.88. The van der Waals surface area contributed by atoms with Gasteiger partial charge < -0.3 is 15.0 Å². The standard InChI is InChI=1S/C19H19N5O/c1-25-16-10-8-15(9-11-16)21-18-13-20-23-19(22-18)24-12-4-6-14-5-2-3-7-17(14)24/h2-3,5,7-11,13H,4,6,12H2,1H3,(H,21,22,23). The number of para-hydroxylation sites is 1. The number of methoxy groups -OCH3 is 1. The van der Waals surface area contributed by atoms with Crippen molar-refractivity contribution in [3.63, 3.8) is 0 Å². The van der Waals surface area contributed by atoms with E-state index in [1.165, 1.54) is 5.56 Å². The Balaban J connectivity index is 1.59. The molecule has 1 aliphatic heterocycles. The maximum Gasteiger partial charge on any atom is 0.251 e. The van der Waals surface area contributed by atoms with Gasteiger partial charge >= 0.3 is 0 Å². The van der Waals surface area contributed by atoms with Gasteiger partial charge in [-0.05, 0) is 48.7 Å². The molecule has 0 fully saturated rings. The zero-order valence-electron chi connectivity index (χ0n) is 14.0. The molecule has 0 saturated heterocycles. The van der Waals surface area contributed by atoms with Crippen LogP contribution in [0.1, 0.15) is 12.0 Å². The zero-order chi connectivity index (χ0) is 17.1. The smallest absolute Gasteiger partial charge is 0.251 e. The molecular weight excluding hydrogens is 314 g/mol. The highest BCUT2D eigenvalue weighted by Gasteiger charge is 2.20. The third kappa shape index (κ3) is 3.24. The van der Waals surface area contributed by atoms with Crippen LogP contribution in [-0.2, 0) is 6.42 Å². The van der Waals surface area contributed by atoms with Gasteiger partial charge in [0.15, 0.2) is 5.82 Å². The minimum absolute atomic E-state index is 0.616. The molecule has 0 radical (unpaired) electrons. The van der Waals surface area contributed by atoms with Gasteiger partial charge in [-0.3, -0.25) is 0 Å². The van der Waals surface area contributed by atoms with Crippen LogP contribution in [0.5, 0.6) is 5.75 Å². The summed E-state index contributed by atoms with van der Waals surface area (Å²) in [4.78, 5) is 6.77. The average molecular weight is 333 g/mol. The van der Waals surface area contributed by atoms with Gasteiger partial charge in [-0.25, -0.2) is 0 Å². The van der Waals surface area contributed by atoms with Gasteiger partial charge in [0.2, 0.25) is 0 Å². The van der Waals surface area contributed by atoms with Gasteiger partial charge in [0.1, 0.15) is 5.75 Å². The fourth-order valence-corrected chi connectivity index (χ4v) is 3.03. The fourth-order valence-electron chi connectivity index (χ4n) is 3.03. The maximum atomic E-state index is 5.18. The average Bonchev–Trinajstić information content (AvgIpc) is 2.68. The highest BCUT2D eigenvalue weighted by molar-refractivity contribution is 5.64. The van der Waals surface area contributed by atoms with E-state index >= 15 is 0 Å². The molecule has 0 bridgehead atoms. The molecule has 1 aliphatic rings. The molecule has 6 heteroatoms. The van der Waals surface area contributed by atoms with Crippen molar-refractivity contribution in [2.24, 2.45) is 0 Å². The summed E-state index contributed by atoms with van der Waals surface area (Å²) in [6, 6.07) is 16.1. The van der Waals surface area contributed by atoms with Crippen molar-refractivity contribution in [1.29, 1.82) is 0 Å². The van der Waals surface area contributed by atoms with E-state index < -0.39 is 0 Å². The summed E-state index contributed by atoms with van der Waals surface area (Å²) in [6.45, 7) is 0.894. The largest absolute Gasteiger partial charge is 0.497 e. The number of ether oxygens (including phenoxy) is 1. The number of hydrogen-bond donors (Lipinski definition) is 1. The van der Waals surface area contributed by atoms with Crippen LogP contribution in [0.25, 0.3) is 0 Å². The Morgan fingerprint density at radius 1 is 1.08 bits per heavy atom. The SMILES string of the molecule is COc1ccc(Nc2cnnc(N3CCCc4ccccc43)n2)cc1. The lowest BCUT2D eigenvalue weighted by Crippen LogP contribution is -2.26. The fraction of sp³-hybridized carbons (Fsp3) is 0.211. The van der Waals surface area contributed by atoms with Crippen LogP contribution >= 0.6 is 0 Å². The molecule has 0 spiro atoms. The van der Waals surface area contributed by atoms with E-state index in [2.05, 4.69) is 43.6 Å². The summed E-state index contributed by atoms with van der Waals surface area (Å²) in [5, 5.41) is 11.6. The van der Waals surface area contributed by atoms with Gasteiger partial charge in [0, 0.05) is 17.9 Å². The highest BCUT2D eigenvalue weighted by Crippen LogP contribution is 2.31. The summed E-state index contributed by atoms with van der Waals surface area (Å²) in [7, 11) is 1.65. The lowest BCUT2D eigenvalue weighted by molar-refractivity contribution is 0.415. The summed E-state index contributed by atoms with van der Waals surface area (Å²) in [5.41, 5.74) is 3.41. The zero-order valence-corrected chi connectivity index (χ0v) is 14.0. The van der Waals surface area contributed by atoms with Crippen molar-refractivity contribution in [3.05, 3.63) is 60.3 Å². The number of nitrogens with zero attached hydrogens (tertiary/aromatic N) is 4. The molecule has 0 saturated carbocycles. The number of aryl methyl sites for hydroxylation is 1. The minimum Gasteiger partial charge on any atom is -0.497 e. The summed E-state index contributed by atoms with van der Waals surface area (Å²) >= 11 is 0. The molecule has 1 aromatic heterocycles. The molecule has 126 valence electrons. The molecule has 0 amide bonds. The monoisotopic (exact) mass is 333 g/mol. The lowest BCUT2D eigenvalue weighted by atomic mass is 10.0. The first kappa shape index (κ1) is 15.4. The van der Waals surface area contributed by atoms with Crippen LogP contribution < -0.4 is 15.0 Å². The normalized spacial score (nSPS) is 13.2. The molecule has 3 aromatic rings. The van der Waals surface area contributed by atoms with E-state index in [-0.39, 0.29) is 0 Å². The summed E-state index contributed by atoms with van der Waals surface area (Å²) < 4.78 is 5.18. The van der Waals surface area contributed by atoms with Gasteiger partial charge in [0.25, 0.3) is 5.95 Å². The number of nitrogens with one attached hydrogen (secondary N) is 1. The maximum absolute atomic E-state index is 5.18. The Morgan fingerprint density at radius 2 is 1.92 bits per heavy atom. The first-order valence-electron chi connectivity index (χ1n) is 8.30. The van der Waals surface area contributed by atoms with Gasteiger partial charge in [-0.2, -0.15) is 10.1 Å². The predicted molar refractivity (Wildman–Crippen MR) is 97.9 cm³/mol. The van der Waals surface area contributed by atoms with E-state index in [0.717, 1.165) is 36.5 Å². The van der Waals surface area contributed by atoms with Crippen molar-refractivity contribution in [3.8, 4) is 5.75 Å². The number of hydrogen-bond acceptors (Lipinski definition) is 6. The second-order valence-electron chi connectivity index (χ2n) is 5.88. The molecule has 0 unspecified atom stereocenters. The molecule has 6 nitrogen and oxygen atoms in total. The summed E-state index contributed by atoms with van der Waals surface area (Å²) in [6.07, 6.45) is 3.80. The quantitative estimate of drug-likeness (QED) is 0.785. The molecule has 0 aliphatic carbocycles. The Kier molecular flexibility index (Phi) is 4.16. The van der Waals surface area contributed by atoms with E-state index in [1.807, 2.05) is 30.3 Å². The van der Waals surface area contributed by atoms with Gasteiger partial charge in [-0.15, -0.1) is 5.10 Å². The van der Waals surface area contributed by atoms with Crippen molar-refractivity contribution >= 4 is 23.1 Å². The Bertz CT molecular complexity index is 866. The molecule has 2 aromatic carbocycles. The number of fused-ring (bicyclic) bond motifs is 1. The van der Waals surface area contributed by atoms with Crippen LogP contribution in [-0.4, -0.2) is 28.8 Å². The van der Waals surface area contributed by atoms with Crippen molar-refractivity contribution in [2.45, 2.75) is 12.8 Å². The van der Waals surface area contributed by atoms with Gasteiger partial charge in [0.05, 0.1) is 13.3 Å². The Morgan fingerprint density at radius 3 is 2.76 bits per heavy atom. The molecule has 25 heavy (non-hydrogen) atoms. The Hall–Kier alpha value is -3.15. The second kappa shape index (κ2) is 6.76. The number of anilines is 4. The first-order valence-corrected chi connectivity index (χ1v) is 8.30. The molecule has 0 atom stereocenters. The van der Waals surface area contributed by atoms with Crippen LogP contribution in [0.4, 0.5) is 23.1 Å². The van der Waals surface area contributed by atoms with E-state index in [1.54, 1.807) is 13.3 Å². The topological polar surface area (TPSA) is 63.2 Å². The van der Waals surface area contributed by atoms with Crippen LogP contribution in [0.3, 0.4) is 0 Å². The van der Waals surface area contributed by atoms with Crippen molar-refractivity contribution in [2.75, 3.05) is 23.9 Å². The van der Waals surface area contributed by atoms with Crippen molar-refractivity contribution in [1.82, 2.24) is 15.2 Å². The van der Waals surface area contributed by atoms with Crippen LogP contribution in [0.15, 0.2) is 54.7 Å². The third-order valence-electron chi connectivity index (χ3n) is 4.26. The Labute approximate surface area is 146 Å².